The molecule has 0 radical (unpaired) electrons. The van der Waals surface area contributed by atoms with Crippen LogP contribution in [0.5, 0.6) is 0 Å². The van der Waals surface area contributed by atoms with E-state index in [1.54, 1.807) is 19.1 Å². The second kappa shape index (κ2) is 8.00. The van der Waals surface area contributed by atoms with Crippen LogP contribution in [0.2, 0.25) is 0 Å². The molecule has 1 amide bonds. The van der Waals surface area contributed by atoms with Gasteiger partial charge in [-0.25, -0.2) is 4.39 Å². The van der Waals surface area contributed by atoms with Gasteiger partial charge in [-0.2, -0.15) is 0 Å². The van der Waals surface area contributed by atoms with Crippen LogP contribution in [-0.2, 0) is 4.79 Å². The topological polar surface area (TPSA) is 55.1 Å². The van der Waals surface area contributed by atoms with Crippen molar-refractivity contribution >= 4 is 11.6 Å². The maximum Gasteiger partial charge on any atom is 0.224 e. The molecule has 112 valence electrons. The lowest BCUT2D eigenvalue weighted by Gasteiger charge is -2.19. The van der Waals surface area contributed by atoms with Gasteiger partial charge >= 0.3 is 0 Å². The molecule has 3 N–H and O–H groups in total. The van der Waals surface area contributed by atoms with Crippen LogP contribution in [0.4, 0.5) is 10.1 Å². The van der Waals surface area contributed by atoms with Crippen LogP contribution >= 0.6 is 0 Å². The number of amides is 1. The number of carbonyl (C=O) groups is 1. The van der Waals surface area contributed by atoms with E-state index >= 15 is 0 Å². The number of anilines is 1. The van der Waals surface area contributed by atoms with Crippen molar-refractivity contribution in [3.8, 4) is 0 Å². The summed E-state index contributed by atoms with van der Waals surface area (Å²) in [6, 6.07) is 4.60. The molecule has 0 aromatic heterocycles. The summed E-state index contributed by atoms with van der Waals surface area (Å²) in [7, 11) is 0. The van der Waals surface area contributed by atoms with Gasteiger partial charge in [0, 0.05) is 12.1 Å². The van der Waals surface area contributed by atoms with Crippen molar-refractivity contribution in [2.24, 2.45) is 17.6 Å². The summed E-state index contributed by atoms with van der Waals surface area (Å²) in [5.74, 6) is 0.713. The molecule has 0 saturated carbocycles. The zero-order valence-electron chi connectivity index (χ0n) is 12.6. The molecule has 0 heterocycles. The molecule has 1 aromatic carbocycles. The number of hydrogen-bond donors (Lipinski definition) is 2. The Hall–Kier alpha value is -1.42. The molecule has 1 unspecified atom stereocenters. The molecule has 4 heteroatoms. The van der Waals surface area contributed by atoms with E-state index in [9.17, 15) is 9.18 Å². The fourth-order valence-corrected chi connectivity index (χ4v) is 2.29. The summed E-state index contributed by atoms with van der Waals surface area (Å²) in [6.45, 7) is 6.64. The highest BCUT2D eigenvalue weighted by atomic mass is 19.1. The van der Waals surface area contributed by atoms with Gasteiger partial charge in [-0.05, 0) is 61.9 Å². The Morgan fingerprint density at radius 1 is 1.35 bits per heavy atom. The highest BCUT2D eigenvalue weighted by molar-refractivity contribution is 5.90. The summed E-state index contributed by atoms with van der Waals surface area (Å²) in [5.41, 5.74) is 6.77. The highest BCUT2D eigenvalue weighted by Gasteiger charge is 2.14. The molecule has 0 aliphatic heterocycles. The van der Waals surface area contributed by atoms with Crippen molar-refractivity contribution in [3.05, 3.63) is 29.6 Å². The van der Waals surface area contributed by atoms with E-state index in [2.05, 4.69) is 19.2 Å². The number of rotatable bonds is 7. The molecule has 0 saturated heterocycles. The van der Waals surface area contributed by atoms with E-state index in [4.69, 9.17) is 5.73 Å². The quantitative estimate of drug-likeness (QED) is 0.803. The molecule has 0 aliphatic carbocycles. The van der Waals surface area contributed by atoms with E-state index in [0.717, 1.165) is 12.8 Å². The van der Waals surface area contributed by atoms with Crippen LogP contribution in [-0.4, -0.2) is 12.5 Å². The smallest absolute Gasteiger partial charge is 0.224 e. The first-order valence-electron chi connectivity index (χ1n) is 7.20. The molecule has 0 bridgehead atoms. The lowest BCUT2D eigenvalue weighted by Crippen LogP contribution is -2.18. The summed E-state index contributed by atoms with van der Waals surface area (Å²) >= 11 is 0. The van der Waals surface area contributed by atoms with E-state index in [0.29, 0.717) is 36.1 Å². The number of benzene rings is 1. The van der Waals surface area contributed by atoms with Crippen molar-refractivity contribution in [2.75, 3.05) is 11.9 Å². The van der Waals surface area contributed by atoms with E-state index in [1.165, 1.54) is 6.07 Å². The Bertz CT molecular complexity index is 446. The van der Waals surface area contributed by atoms with Crippen LogP contribution in [0.15, 0.2) is 18.2 Å². The zero-order valence-corrected chi connectivity index (χ0v) is 12.6. The molecule has 0 fully saturated rings. The predicted octanol–water partition coefficient (Wildman–Crippen LogP) is 3.47. The Kier molecular flexibility index (Phi) is 6.65. The summed E-state index contributed by atoms with van der Waals surface area (Å²) < 4.78 is 13.1. The summed E-state index contributed by atoms with van der Waals surface area (Å²) in [4.78, 5) is 11.9. The zero-order chi connectivity index (χ0) is 15.1. The van der Waals surface area contributed by atoms with Gasteiger partial charge in [0.15, 0.2) is 0 Å². The van der Waals surface area contributed by atoms with Gasteiger partial charge in [0.25, 0.3) is 0 Å². The fraction of sp³-hybridized carbons (Fsp3) is 0.562. The average molecular weight is 280 g/mol. The number of carbonyl (C=O) groups excluding carboxylic acids is 1. The Morgan fingerprint density at radius 2 is 2.05 bits per heavy atom. The van der Waals surface area contributed by atoms with Crippen molar-refractivity contribution in [1.29, 1.82) is 0 Å². The minimum absolute atomic E-state index is 0.0290. The molecule has 3 nitrogen and oxygen atoms in total. The second-order valence-corrected chi connectivity index (χ2v) is 5.63. The van der Waals surface area contributed by atoms with Crippen molar-refractivity contribution in [3.63, 3.8) is 0 Å². The molecule has 1 aromatic rings. The van der Waals surface area contributed by atoms with Crippen LogP contribution in [0.25, 0.3) is 0 Å². The maximum atomic E-state index is 13.1. The number of nitrogens with two attached hydrogens (primary N) is 1. The number of hydrogen-bond acceptors (Lipinski definition) is 2. The summed E-state index contributed by atoms with van der Waals surface area (Å²) in [5, 5.41) is 2.81. The van der Waals surface area contributed by atoms with Gasteiger partial charge in [0.1, 0.15) is 5.82 Å². The van der Waals surface area contributed by atoms with Gasteiger partial charge in [-0.3, -0.25) is 4.79 Å². The lowest BCUT2D eigenvalue weighted by atomic mass is 9.88. The minimum atomic E-state index is -0.259. The second-order valence-electron chi connectivity index (χ2n) is 5.63. The Labute approximate surface area is 120 Å². The molecular formula is C16H25FN2O. The predicted molar refractivity (Wildman–Crippen MR) is 81.0 cm³/mol. The highest BCUT2D eigenvalue weighted by Crippen LogP contribution is 2.21. The third-order valence-corrected chi connectivity index (χ3v) is 3.66. The molecule has 0 aliphatic rings. The van der Waals surface area contributed by atoms with Gasteiger partial charge in [0.05, 0.1) is 0 Å². The van der Waals surface area contributed by atoms with E-state index in [1.807, 2.05) is 0 Å². The fourth-order valence-electron chi connectivity index (χ4n) is 2.29. The first kappa shape index (κ1) is 16.6. The van der Waals surface area contributed by atoms with Crippen LogP contribution in [0.1, 0.15) is 38.7 Å². The van der Waals surface area contributed by atoms with Crippen molar-refractivity contribution < 1.29 is 9.18 Å². The molecule has 20 heavy (non-hydrogen) atoms. The first-order chi connectivity index (χ1) is 9.43. The van der Waals surface area contributed by atoms with Crippen molar-refractivity contribution in [2.45, 2.75) is 40.0 Å². The lowest BCUT2D eigenvalue weighted by molar-refractivity contribution is -0.116. The molecule has 1 atom stereocenters. The van der Waals surface area contributed by atoms with E-state index in [-0.39, 0.29) is 11.7 Å². The number of aryl methyl sites for hydroxylation is 1. The van der Waals surface area contributed by atoms with Gasteiger partial charge < -0.3 is 11.1 Å². The van der Waals surface area contributed by atoms with Crippen LogP contribution < -0.4 is 11.1 Å². The van der Waals surface area contributed by atoms with Crippen molar-refractivity contribution in [1.82, 2.24) is 0 Å². The normalized spacial score (nSPS) is 12.5. The van der Waals surface area contributed by atoms with Crippen LogP contribution in [0, 0.1) is 24.6 Å². The molecular weight excluding hydrogens is 255 g/mol. The number of nitrogens with one attached hydrogen (secondary N) is 1. The first-order valence-corrected chi connectivity index (χ1v) is 7.20. The van der Waals surface area contributed by atoms with Gasteiger partial charge in [-0.15, -0.1) is 0 Å². The van der Waals surface area contributed by atoms with Crippen LogP contribution in [0.3, 0.4) is 0 Å². The summed E-state index contributed by atoms with van der Waals surface area (Å²) in [6.07, 6.45) is 2.25. The minimum Gasteiger partial charge on any atom is -0.330 e. The Morgan fingerprint density at radius 3 is 2.60 bits per heavy atom. The Balaban J connectivity index is 2.48. The number of halogens is 1. The largest absolute Gasteiger partial charge is 0.330 e. The monoisotopic (exact) mass is 280 g/mol. The SMILES string of the molecule is Cc1cc(NC(=O)CCC(CCN)C(C)C)ccc1F. The molecule has 1 rings (SSSR count). The molecule has 0 spiro atoms. The van der Waals surface area contributed by atoms with Gasteiger partial charge in [0.2, 0.25) is 5.91 Å². The third kappa shape index (κ3) is 5.29. The van der Waals surface area contributed by atoms with E-state index < -0.39 is 0 Å². The average Bonchev–Trinajstić information content (AvgIpc) is 2.38. The van der Waals surface area contributed by atoms with Gasteiger partial charge in [-0.1, -0.05) is 13.8 Å². The third-order valence-electron chi connectivity index (χ3n) is 3.66. The standard InChI is InChI=1S/C16H25FN2O/c1-11(2)13(8-9-18)4-7-16(20)19-14-5-6-15(17)12(3)10-14/h5-6,10-11,13H,4,7-9,18H2,1-3H3,(H,19,20). The maximum absolute atomic E-state index is 13.1.